The summed E-state index contributed by atoms with van der Waals surface area (Å²) < 4.78 is 0. The second kappa shape index (κ2) is 6.91. The summed E-state index contributed by atoms with van der Waals surface area (Å²) in [5, 5.41) is 7.27. The van der Waals surface area contributed by atoms with Crippen LogP contribution in [-0.2, 0) is 0 Å². The Bertz CT molecular complexity index is 227. The van der Waals surface area contributed by atoms with Crippen LogP contribution in [-0.4, -0.2) is 25.7 Å². The normalized spacial score (nSPS) is 20.3. The van der Waals surface area contributed by atoms with E-state index >= 15 is 0 Å². The van der Waals surface area contributed by atoms with Crippen LogP contribution in [0.15, 0.2) is 0 Å². The first-order valence-electron chi connectivity index (χ1n) is 7.81. The van der Waals surface area contributed by atoms with Crippen LogP contribution in [0.3, 0.4) is 0 Å². The van der Waals surface area contributed by atoms with E-state index in [2.05, 4.69) is 45.4 Å². The molecule has 1 saturated carbocycles. The molecule has 0 aromatic rings. The number of hydrogen-bond donors (Lipinski definition) is 2. The third kappa shape index (κ3) is 4.55. The molecule has 18 heavy (non-hydrogen) atoms. The molecule has 1 fully saturated rings. The van der Waals surface area contributed by atoms with Crippen LogP contribution in [0.2, 0.25) is 0 Å². The van der Waals surface area contributed by atoms with Crippen molar-refractivity contribution in [2.75, 3.05) is 20.1 Å². The van der Waals surface area contributed by atoms with E-state index in [1.807, 2.05) is 0 Å². The molecule has 0 bridgehead atoms. The van der Waals surface area contributed by atoms with Gasteiger partial charge < -0.3 is 10.6 Å². The summed E-state index contributed by atoms with van der Waals surface area (Å²) in [5.74, 6) is 0.734. The standard InChI is InChI=1S/C16H34N2/c1-14(2)15(3,4)13-18-12-11-16(17-5)9-7-6-8-10-16/h14,17-18H,6-13H2,1-5H3. The van der Waals surface area contributed by atoms with Crippen LogP contribution >= 0.6 is 0 Å². The minimum atomic E-state index is 0.402. The molecule has 1 aliphatic rings. The molecule has 0 aliphatic heterocycles. The topological polar surface area (TPSA) is 24.1 Å². The fraction of sp³-hybridized carbons (Fsp3) is 1.00. The second-order valence-electron chi connectivity index (χ2n) is 7.16. The molecule has 2 N–H and O–H groups in total. The first-order valence-corrected chi connectivity index (χ1v) is 7.81. The van der Waals surface area contributed by atoms with E-state index in [0.717, 1.165) is 19.0 Å². The van der Waals surface area contributed by atoms with Crippen molar-refractivity contribution in [3.63, 3.8) is 0 Å². The Kier molecular flexibility index (Phi) is 6.13. The molecule has 0 aromatic heterocycles. The fourth-order valence-corrected chi connectivity index (χ4v) is 2.80. The first-order chi connectivity index (χ1) is 8.42. The van der Waals surface area contributed by atoms with Crippen molar-refractivity contribution >= 4 is 0 Å². The maximum Gasteiger partial charge on any atom is 0.0190 e. The molecule has 0 unspecified atom stereocenters. The lowest BCUT2D eigenvalue weighted by Crippen LogP contribution is -2.47. The van der Waals surface area contributed by atoms with Crippen molar-refractivity contribution in [1.82, 2.24) is 10.6 Å². The van der Waals surface area contributed by atoms with Crippen LogP contribution < -0.4 is 10.6 Å². The minimum absolute atomic E-state index is 0.402. The molecular formula is C16H34N2. The Labute approximate surface area is 114 Å². The third-order valence-electron chi connectivity index (χ3n) is 5.26. The number of hydrogen-bond acceptors (Lipinski definition) is 2. The van der Waals surface area contributed by atoms with Crippen molar-refractivity contribution in [2.45, 2.75) is 71.8 Å². The summed E-state index contributed by atoms with van der Waals surface area (Å²) in [4.78, 5) is 0. The monoisotopic (exact) mass is 254 g/mol. The zero-order valence-corrected chi connectivity index (χ0v) is 13.2. The summed E-state index contributed by atoms with van der Waals surface area (Å²) >= 11 is 0. The van der Waals surface area contributed by atoms with Gasteiger partial charge in [0.15, 0.2) is 0 Å². The van der Waals surface area contributed by atoms with Gasteiger partial charge in [-0.25, -0.2) is 0 Å². The van der Waals surface area contributed by atoms with Gasteiger partial charge in [0.25, 0.3) is 0 Å². The minimum Gasteiger partial charge on any atom is -0.316 e. The summed E-state index contributed by atoms with van der Waals surface area (Å²) in [7, 11) is 2.14. The number of nitrogens with one attached hydrogen (secondary N) is 2. The zero-order valence-electron chi connectivity index (χ0n) is 13.2. The molecule has 0 aromatic carbocycles. The molecule has 0 saturated heterocycles. The molecule has 0 radical (unpaired) electrons. The van der Waals surface area contributed by atoms with Crippen LogP contribution in [0.4, 0.5) is 0 Å². The predicted octanol–water partition coefficient (Wildman–Crippen LogP) is 3.57. The Balaban J connectivity index is 2.27. The molecule has 0 spiro atoms. The Morgan fingerprint density at radius 3 is 2.22 bits per heavy atom. The summed E-state index contributed by atoms with van der Waals surface area (Å²) in [6, 6.07) is 0. The van der Waals surface area contributed by atoms with Gasteiger partial charge >= 0.3 is 0 Å². The SMILES string of the molecule is CNC1(CCNCC(C)(C)C(C)C)CCCCC1. The van der Waals surface area contributed by atoms with Gasteiger partial charge in [-0.05, 0) is 44.2 Å². The van der Waals surface area contributed by atoms with E-state index in [9.17, 15) is 0 Å². The van der Waals surface area contributed by atoms with E-state index in [-0.39, 0.29) is 0 Å². The van der Waals surface area contributed by atoms with Crippen molar-refractivity contribution in [3.05, 3.63) is 0 Å². The van der Waals surface area contributed by atoms with Gasteiger partial charge in [0.2, 0.25) is 0 Å². The van der Waals surface area contributed by atoms with E-state index < -0.39 is 0 Å². The van der Waals surface area contributed by atoms with E-state index in [1.54, 1.807) is 0 Å². The van der Waals surface area contributed by atoms with Crippen LogP contribution in [0.1, 0.15) is 66.2 Å². The van der Waals surface area contributed by atoms with Crippen molar-refractivity contribution in [3.8, 4) is 0 Å². The largest absolute Gasteiger partial charge is 0.316 e. The summed E-state index contributed by atoms with van der Waals surface area (Å²) in [5.41, 5.74) is 0.826. The highest BCUT2D eigenvalue weighted by atomic mass is 15.0. The highest BCUT2D eigenvalue weighted by Crippen LogP contribution is 2.30. The molecule has 2 nitrogen and oxygen atoms in total. The lowest BCUT2D eigenvalue weighted by molar-refractivity contribution is 0.209. The van der Waals surface area contributed by atoms with Crippen molar-refractivity contribution in [2.24, 2.45) is 11.3 Å². The maximum absolute atomic E-state index is 3.67. The van der Waals surface area contributed by atoms with Crippen molar-refractivity contribution < 1.29 is 0 Å². The highest BCUT2D eigenvalue weighted by Gasteiger charge is 2.29. The van der Waals surface area contributed by atoms with E-state index in [1.165, 1.54) is 38.5 Å². The summed E-state index contributed by atoms with van der Waals surface area (Å²) in [6.07, 6.45) is 8.23. The molecule has 1 rings (SSSR count). The lowest BCUT2D eigenvalue weighted by Gasteiger charge is -2.38. The quantitative estimate of drug-likeness (QED) is 0.679. The maximum atomic E-state index is 3.67. The Morgan fingerprint density at radius 1 is 1.11 bits per heavy atom. The van der Waals surface area contributed by atoms with Gasteiger partial charge in [-0.2, -0.15) is 0 Å². The zero-order chi connectivity index (χ0) is 13.6. The summed E-state index contributed by atoms with van der Waals surface area (Å²) in [6.45, 7) is 11.6. The second-order valence-corrected chi connectivity index (χ2v) is 7.16. The van der Waals surface area contributed by atoms with Crippen LogP contribution in [0.25, 0.3) is 0 Å². The first kappa shape index (κ1) is 16.0. The number of rotatable bonds is 7. The molecule has 0 amide bonds. The molecule has 0 heterocycles. The van der Waals surface area contributed by atoms with Gasteiger partial charge in [0, 0.05) is 12.1 Å². The van der Waals surface area contributed by atoms with Gasteiger partial charge in [0.05, 0.1) is 0 Å². The molecule has 1 aliphatic carbocycles. The Morgan fingerprint density at radius 2 is 1.72 bits per heavy atom. The van der Waals surface area contributed by atoms with Crippen molar-refractivity contribution in [1.29, 1.82) is 0 Å². The third-order valence-corrected chi connectivity index (χ3v) is 5.26. The van der Waals surface area contributed by atoms with Gasteiger partial charge in [0.1, 0.15) is 0 Å². The molecule has 0 atom stereocenters. The van der Waals surface area contributed by atoms with E-state index in [0.29, 0.717) is 11.0 Å². The van der Waals surface area contributed by atoms with Gasteiger partial charge in [-0.3, -0.25) is 0 Å². The Hall–Kier alpha value is -0.0800. The molecule has 2 heteroatoms. The smallest absolute Gasteiger partial charge is 0.0190 e. The van der Waals surface area contributed by atoms with E-state index in [4.69, 9.17) is 0 Å². The fourth-order valence-electron chi connectivity index (χ4n) is 2.80. The predicted molar refractivity (Wildman–Crippen MR) is 81.0 cm³/mol. The van der Waals surface area contributed by atoms with Crippen LogP contribution in [0.5, 0.6) is 0 Å². The average Bonchev–Trinajstić information content (AvgIpc) is 2.36. The lowest BCUT2D eigenvalue weighted by atomic mass is 9.79. The molecular weight excluding hydrogens is 220 g/mol. The highest BCUT2D eigenvalue weighted by molar-refractivity contribution is 4.90. The van der Waals surface area contributed by atoms with Gasteiger partial charge in [-0.1, -0.05) is 47.0 Å². The molecule has 108 valence electrons. The van der Waals surface area contributed by atoms with Gasteiger partial charge in [-0.15, -0.1) is 0 Å². The van der Waals surface area contributed by atoms with Crippen LogP contribution in [0, 0.1) is 11.3 Å². The average molecular weight is 254 g/mol.